The van der Waals surface area contributed by atoms with E-state index in [0.29, 0.717) is 0 Å². The summed E-state index contributed by atoms with van der Waals surface area (Å²) >= 11 is 0. The number of carboxylic acid groups (broad SMARTS) is 1. The van der Waals surface area contributed by atoms with Crippen LogP contribution in [0.1, 0.15) is 39.0 Å². The Morgan fingerprint density at radius 2 is 2.27 bits per heavy atom. The first-order chi connectivity index (χ1) is 7.13. The molecule has 0 aromatic carbocycles. The van der Waals surface area contributed by atoms with Crippen molar-refractivity contribution in [3.8, 4) is 0 Å². The van der Waals surface area contributed by atoms with Gasteiger partial charge in [0.15, 0.2) is 0 Å². The van der Waals surface area contributed by atoms with Crippen molar-refractivity contribution in [1.82, 2.24) is 4.90 Å². The van der Waals surface area contributed by atoms with Crippen LogP contribution in [-0.4, -0.2) is 35.1 Å². The largest absolute Gasteiger partial charge is 0.481 e. The van der Waals surface area contributed by atoms with Gasteiger partial charge in [-0.3, -0.25) is 9.69 Å². The molecule has 3 nitrogen and oxygen atoms in total. The van der Waals surface area contributed by atoms with Crippen LogP contribution in [-0.2, 0) is 4.79 Å². The summed E-state index contributed by atoms with van der Waals surface area (Å²) in [5.74, 6) is -0.686. The van der Waals surface area contributed by atoms with Crippen molar-refractivity contribution in [1.29, 1.82) is 0 Å². The summed E-state index contributed by atoms with van der Waals surface area (Å²) in [6.07, 6.45) is 4.62. The lowest BCUT2D eigenvalue weighted by atomic mass is 9.98. The molecule has 0 saturated carbocycles. The van der Waals surface area contributed by atoms with E-state index in [9.17, 15) is 4.79 Å². The van der Waals surface area contributed by atoms with Crippen LogP contribution in [0.5, 0.6) is 0 Å². The van der Waals surface area contributed by atoms with Crippen LogP contribution >= 0.6 is 0 Å². The molecule has 0 amide bonds. The molecule has 0 aromatic rings. The van der Waals surface area contributed by atoms with Gasteiger partial charge < -0.3 is 5.11 Å². The molecule has 15 heavy (non-hydrogen) atoms. The molecule has 0 spiro atoms. The Morgan fingerprint density at radius 3 is 2.87 bits per heavy atom. The maximum absolute atomic E-state index is 10.7. The molecule has 0 aromatic heterocycles. The second-order valence-corrected chi connectivity index (χ2v) is 4.32. The van der Waals surface area contributed by atoms with Gasteiger partial charge in [0.25, 0.3) is 0 Å². The summed E-state index contributed by atoms with van der Waals surface area (Å²) in [4.78, 5) is 13.0. The Balaban J connectivity index is 2.49. The first kappa shape index (κ1) is 12.2. The Morgan fingerprint density at radius 1 is 1.53 bits per heavy atom. The molecule has 1 aliphatic heterocycles. The van der Waals surface area contributed by atoms with Gasteiger partial charge in [0.1, 0.15) is 0 Å². The zero-order valence-corrected chi connectivity index (χ0v) is 9.54. The Labute approximate surface area is 91.8 Å². The Kier molecular flexibility index (Phi) is 4.82. The summed E-state index contributed by atoms with van der Waals surface area (Å²) in [5, 5.41) is 8.83. The van der Waals surface area contributed by atoms with Crippen molar-refractivity contribution >= 4 is 5.97 Å². The fraction of sp³-hybridized carbons (Fsp3) is 0.750. The van der Waals surface area contributed by atoms with Crippen LogP contribution in [0.3, 0.4) is 0 Å². The maximum Gasteiger partial charge on any atom is 0.304 e. The predicted molar refractivity (Wildman–Crippen MR) is 60.9 cm³/mol. The van der Waals surface area contributed by atoms with Gasteiger partial charge in [-0.2, -0.15) is 0 Å². The molecule has 0 radical (unpaired) electrons. The minimum Gasteiger partial charge on any atom is -0.481 e. The van der Waals surface area contributed by atoms with E-state index in [1.807, 2.05) is 0 Å². The van der Waals surface area contributed by atoms with Gasteiger partial charge in [0.05, 0.1) is 6.42 Å². The highest BCUT2D eigenvalue weighted by molar-refractivity contribution is 5.67. The average molecular weight is 211 g/mol. The van der Waals surface area contributed by atoms with Gasteiger partial charge in [-0.1, -0.05) is 25.5 Å². The molecule has 1 fully saturated rings. The fourth-order valence-corrected chi connectivity index (χ4v) is 2.10. The van der Waals surface area contributed by atoms with Crippen LogP contribution in [0, 0.1) is 0 Å². The maximum atomic E-state index is 10.7. The molecule has 1 heterocycles. The summed E-state index contributed by atoms with van der Waals surface area (Å²) in [6.45, 7) is 7.98. The quantitative estimate of drug-likeness (QED) is 0.709. The van der Waals surface area contributed by atoms with Crippen LogP contribution in [0.2, 0.25) is 0 Å². The molecule has 1 saturated heterocycles. The van der Waals surface area contributed by atoms with Gasteiger partial charge in [-0.15, -0.1) is 0 Å². The van der Waals surface area contributed by atoms with E-state index in [-0.39, 0.29) is 12.5 Å². The van der Waals surface area contributed by atoms with Crippen molar-refractivity contribution in [2.24, 2.45) is 0 Å². The lowest BCUT2D eigenvalue weighted by Crippen LogP contribution is -2.41. The highest BCUT2D eigenvalue weighted by atomic mass is 16.4. The van der Waals surface area contributed by atoms with Gasteiger partial charge in [0, 0.05) is 12.6 Å². The third-order valence-corrected chi connectivity index (χ3v) is 3.09. The van der Waals surface area contributed by atoms with Crippen LogP contribution in [0.25, 0.3) is 0 Å². The normalized spacial score (nSPS) is 22.6. The SMILES string of the molecule is C=C(CC)CN1CCCCC1CC(=O)O. The number of carbonyl (C=O) groups is 1. The number of aliphatic carboxylic acids is 1. The van der Waals surface area contributed by atoms with Gasteiger partial charge in [0.2, 0.25) is 0 Å². The lowest BCUT2D eigenvalue weighted by Gasteiger charge is -2.35. The summed E-state index contributed by atoms with van der Waals surface area (Å²) in [6, 6.07) is 0.222. The minimum atomic E-state index is -0.686. The molecule has 1 unspecified atom stereocenters. The number of carboxylic acids is 1. The molecule has 86 valence electrons. The highest BCUT2D eigenvalue weighted by Gasteiger charge is 2.24. The average Bonchev–Trinajstić information content (AvgIpc) is 2.20. The second-order valence-electron chi connectivity index (χ2n) is 4.32. The summed E-state index contributed by atoms with van der Waals surface area (Å²) < 4.78 is 0. The predicted octanol–water partition coefficient (Wildman–Crippen LogP) is 2.28. The van der Waals surface area contributed by atoms with E-state index in [2.05, 4.69) is 18.4 Å². The standard InChI is InChI=1S/C12H21NO2/c1-3-10(2)9-13-7-5-4-6-11(13)8-12(14)15/h11H,2-9H2,1H3,(H,14,15). The van der Waals surface area contributed by atoms with Gasteiger partial charge >= 0.3 is 5.97 Å². The monoisotopic (exact) mass is 211 g/mol. The van der Waals surface area contributed by atoms with Gasteiger partial charge in [-0.25, -0.2) is 0 Å². The number of nitrogens with zero attached hydrogens (tertiary/aromatic N) is 1. The van der Waals surface area contributed by atoms with Crippen molar-refractivity contribution in [2.75, 3.05) is 13.1 Å². The first-order valence-corrected chi connectivity index (χ1v) is 5.76. The van der Waals surface area contributed by atoms with Crippen molar-refractivity contribution in [3.05, 3.63) is 12.2 Å². The zero-order chi connectivity index (χ0) is 11.3. The molecular formula is C12H21NO2. The van der Waals surface area contributed by atoms with Crippen molar-refractivity contribution in [2.45, 2.75) is 45.1 Å². The third kappa shape index (κ3) is 4.04. The number of piperidine rings is 1. The molecule has 0 aliphatic carbocycles. The third-order valence-electron chi connectivity index (χ3n) is 3.09. The molecule has 1 rings (SSSR count). The topological polar surface area (TPSA) is 40.5 Å². The molecule has 3 heteroatoms. The first-order valence-electron chi connectivity index (χ1n) is 5.76. The van der Waals surface area contributed by atoms with Gasteiger partial charge in [-0.05, 0) is 25.8 Å². The van der Waals surface area contributed by atoms with Crippen LogP contribution < -0.4 is 0 Å². The summed E-state index contributed by atoms with van der Waals surface area (Å²) in [7, 11) is 0. The molecule has 1 N–H and O–H groups in total. The van der Waals surface area contributed by atoms with Crippen LogP contribution in [0.15, 0.2) is 12.2 Å². The van der Waals surface area contributed by atoms with Crippen LogP contribution in [0.4, 0.5) is 0 Å². The minimum absolute atomic E-state index is 0.222. The Hall–Kier alpha value is -0.830. The molecule has 1 aliphatic rings. The molecule has 0 bridgehead atoms. The zero-order valence-electron chi connectivity index (χ0n) is 9.54. The smallest absolute Gasteiger partial charge is 0.304 e. The number of hydrogen-bond acceptors (Lipinski definition) is 2. The van der Waals surface area contributed by atoms with E-state index < -0.39 is 5.97 Å². The van der Waals surface area contributed by atoms with E-state index in [0.717, 1.165) is 32.4 Å². The number of rotatable bonds is 5. The van der Waals surface area contributed by atoms with Crippen molar-refractivity contribution < 1.29 is 9.90 Å². The fourth-order valence-electron chi connectivity index (χ4n) is 2.10. The van der Waals surface area contributed by atoms with E-state index >= 15 is 0 Å². The molecular weight excluding hydrogens is 190 g/mol. The van der Waals surface area contributed by atoms with Crippen molar-refractivity contribution in [3.63, 3.8) is 0 Å². The number of hydrogen-bond donors (Lipinski definition) is 1. The van der Waals surface area contributed by atoms with E-state index in [1.165, 1.54) is 12.0 Å². The second kappa shape index (κ2) is 5.91. The van der Waals surface area contributed by atoms with E-state index in [1.54, 1.807) is 0 Å². The summed E-state index contributed by atoms with van der Waals surface area (Å²) in [5.41, 5.74) is 1.20. The van der Waals surface area contributed by atoms with E-state index in [4.69, 9.17) is 5.11 Å². The number of likely N-dealkylation sites (tertiary alicyclic amines) is 1. The Bertz CT molecular complexity index is 238. The molecule has 1 atom stereocenters. The lowest BCUT2D eigenvalue weighted by molar-refractivity contribution is -0.138. The highest BCUT2D eigenvalue weighted by Crippen LogP contribution is 2.20.